The first-order valence-electron chi connectivity index (χ1n) is 5.07. The molecule has 1 aliphatic rings. The topological polar surface area (TPSA) is 116 Å². The second-order valence-electron chi connectivity index (χ2n) is 3.52. The Bertz CT molecular complexity index is 648. The Morgan fingerprint density at radius 2 is 2.06 bits per heavy atom. The van der Waals surface area contributed by atoms with E-state index in [4.69, 9.17) is 4.74 Å². The molecular weight excluding hydrogens is 240 g/mol. The number of carbonyl (C=O) groups is 1. The Morgan fingerprint density at radius 1 is 1.28 bits per heavy atom. The fourth-order valence-electron chi connectivity index (χ4n) is 1.37. The number of ether oxygens (including phenoxy) is 1. The Hall–Kier alpha value is -2.53. The molecular formula is C10H10N4O4. The van der Waals surface area contributed by atoms with Crippen LogP contribution in [0.4, 0.5) is 4.79 Å². The van der Waals surface area contributed by atoms with E-state index in [0.717, 1.165) is 0 Å². The fraction of sp³-hybridized carbons (Fsp3) is 0.300. The minimum atomic E-state index is -0.788. The number of hydrogen-bond donors (Lipinski definition) is 4. The summed E-state index contributed by atoms with van der Waals surface area (Å²) in [6, 6.07) is -0.396. The Kier molecular flexibility index (Phi) is 3.16. The molecule has 1 atom stereocenters. The van der Waals surface area contributed by atoms with Gasteiger partial charge in [-0.2, -0.15) is 0 Å². The van der Waals surface area contributed by atoms with Gasteiger partial charge in [0.15, 0.2) is 6.23 Å². The lowest BCUT2D eigenvalue weighted by atomic mass is 10.2. The van der Waals surface area contributed by atoms with E-state index < -0.39 is 23.5 Å². The molecule has 0 saturated carbocycles. The van der Waals surface area contributed by atoms with Gasteiger partial charge in [-0.1, -0.05) is 5.92 Å². The van der Waals surface area contributed by atoms with E-state index in [1.165, 1.54) is 0 Å². The van der Waals surface area contributed by atoms with Crippen molar-refractivity contribution in [1.29, 1.82) is 0 Å². The highest BCUT2D eigenvalue weighted by atomic mass is 16.5. The predicted molar refractivity (Wildman–Crippen MR) is 60.7 cm³/mol. The molecule has 8 heteroatoms. The van der Waals surface area contributed by atoms with Gasteiger partial charge < -0.3 is 20.4 Å². The van der Waals surface area contributed by atoms with E-state index in [-0.39, 0.29) is 12.3 Å². The summed E-state index contributed by atoms with van der Waals surface area (Å²) in [7, 11) is 0. The van der Waals surface area contributed by atoms with Crippen LogP contribution in [-0.2, 0) is 4.74 Å². The standard InChI is InChI=1S/C10H10N4O4/c1-5-6(8(15)14-10(17)12-5)2-3-7-13-9(16)11-4-18-7/h7H,4H2,1H3,(H2,11,13,16)(H2,12,14,15,17). The highest BCUT2D eigenvalue weighted by Gasteiger charge is 2.15. The van der Waals surface area contributed by atoms with Crippen molar-refractivity contribution in [2.45, 2.75) is 13.2 Å². The van der Waals surface area contributed by atoms with Gasteiger partial charge in [0.25, 0.3) is 5.56 Å². The monoisotopic (exact) mass is 250 g/mol. The van der Waals surface area contributed by atoms with Gasteiger partial charge >= 0.3 is 11.7 Å². The molecule has 4 N–H and O–H groups in total. The minimum Gasteiger partial charge on any atom is -0.327 e. The third-order valence-electron chi connectivity index (χ3n) is 2.20. The van der Waals surface area contributed by atoms with E-state index in [1.807, 2.05) is 0 Å². The van der Waals surface area contributed by atoms with Gasteiger partial charge in [-0.25, -0.2) is 9.59 Å². The maximum atomic E-state index is 11.5. The van der Waals surface area contributed by atoms with Crippen LogP contribution in [0.3, 0.4) is 0 Å². The number of nitrogens with one attached hydrogen (secondary N) is 4. The number of aromatic amines is 2. The van der Waals surface area contributed by atoms with Crippen molar-refractivity contribution in [2.24, 2.45) is 0 Å². The summed E-state index contributed by atoms with van der Waals surface area (Å²) in [6.07, 6.45) is -0.788. The van der Waals surface area contributed by atoms with Crippen molar-refractivity contribution in [1.82, 2.24) is 20.6 Å². The molecule has 94 valence electrons. The van der Waals surface area contributed by atoms with Crippen LogP contribution in [0, 0.1) is 18.8 Å². The third kappa shape index (κ3) is 2.58. The summed E-state index contributed by atoms with van der Waals surface area (Å²) < 4.78 is 5.07. The molecule has 8 nitrogen and oxygen atoms in total. The molecule has 1 aromatic rings. The van der Waals surface area contributed by atoms with Crippen LogP contribution in [0.15, 0.2) is 9.59 Å². The Balaban J connectivity index is 2.27. The molecule has 0 aliphatic carbocycles. The van der Waals surface area contributed by atoms with Gasteiger partial charge in [-0.05, 0) is 12.8 Å². The Morgan fingerprint density at radius 3 is 2.72 bits per heavy atom. The molecule has 0 bridgehead atoms. The molecule has 2 amide bonds. The summed E-state index contributed by atoms with van der Waals surface area (Å²) in [5.41, 5.74) is -0.680. The number of urea groups is 1. The van der Waals surface area contributed by atoms with Crippen molar-refractivity contribution in [3.63, 3.8) is 0 Å². The van der Waals surface area contributed by atoms with Gasteiger partial charge in [0, 0.05) is 5.69 Å². The van der Waals surface area contributed by atoms with Crippen LogP contribution in [0.25, 0.3) is 0 Å². The minimum absolute atomic E-state index is 0.0478. The summed E-state index contributed by atoms with van der Waals surface area (Å²) in [4.78, 5) is 37.9. The number of aryl methyl sites for hydroxylation is 1. The molecule has 18 heavy (non-hydrogen) atoms. The predicted octanol–water partition coefficient (Wildman–Crippen LogP) is -1.66. The van der Waals surface area contributed by atoms with E-state index in [9.17, 15) is 14.4 Å². The Labute approximate surface area is 101 Å². The first-order valence-corrected chi connectivity index (χ1v) is 5.07. The van der Waals surface area contributed by atoms with Crippen molar-refractivity contribution in [3.8, 4) is 11.8 Å². The average molecular weight is 250 g/mol. The molecule has 2 heterocycles. The van der Waals surface area contributed by atoms with Gasteiger partial charge in [0.05, 0.1) is 0 Å². The van der Waals surface area contributed by atoms with Crippen LogP contribution in [-0.4, -0.2) is 29.0 Å². The molecule has 2 rings (SSSR count). The molecule has 1 unspecified atom stereocenters. The van der Waals surface area contributed by atoms with Crippen LogP contribution < -0.4 is 21.9 Å². The smallest absolute Gasteiger partial charge is 0.325 e. The largest absolute Gasteiger partial charge is 0.327 e. The lowest BCUT2D eigenvalue weighted by molar-refractivity contribution is 0.0431. The van der Waals surface area contributed by atoms with E-state index in [0.29, 0.717) is 5.69 Å². The van der Waals surface area contributed by atoms with Gasteiger partial charge in [-0.3, -0.25) is 9.78 Å². The zero-order chi connectivity index (χ0) is 13.1. The second-order valence-corrected chi connectivity index (χ2v) is 3.52. The maximum absolute atomic E-state index is 11.5. The number of H-pyrrole nitrogens is 2. The first kappa shape index (κ1) is 11.9. The molecule has 0 aromatic carbocycles. The van der Waals surface area contributed by atoms with E-state index >= 15 is 0 Å². The first-order chi connectivity index (χ1) is 8.56. The summed E-state index contributed by atoms with van der Waals surface area (Å²) >= 11 is 0. The highest BCUT2D eigenvalue weighted by molar-refractivity contribution is 5.74. The molecule has 0 radical (unpaired) electrons. The van der Waals surface area contributed by atoms with E-state index in [1.54, 1.807) is 6.92 Å². The highest BCUT2D eigenvalue weighted by Crippen LogP contribution is 1.94. The molecule has 0 spiro atoms. The number of rotatable bonds is 0. The van der Waals surface area contributed by atoms with E-state index in [2.05, 4.69) is 32.4 Å². The quantitative estimate of drug-likeness (QED) is 0.412. The van der Waals surface area contributed by atoms with Crippen LogP contribution in [0.2, 0.25) is 0 Å². The zero-order valence-corrected chi connectivity index (χ0v) is 9.42. The van der Waals surface area contributed by atoms with Gasteiger partial charge in [-0.15, -0.1) is 0 Å². The lowest BCUT2D eigenvalue weighted by Gasteiger charge is -2.20. The SMILES string of the molecule is Cc1[nH]c(=O)[nH]c(=O)c1C#CC1NC(=O)NCO1. The van der Waals surface area contributed by atoms with Crippen molar-refractivity contribution >= 4 is 6.03 Å². The van der Waals surface area contributed by atoms with Crippen molar-refractivity contribution < 1.29 is 9.53 Å². The third-order valence-corrected chi connectivity index (χ3v) is 2.20. The number of aromatic nitrogens is 2. The summed E-state index contributed by atoms with van der Waals surface area (Å²) in [5, 5.41) is 4.79. The van der Waals surface area contributed by atoms with Gasteiger partial charge in [0.2, 0.25) is 0 Å². The normalized spacial score (nSPS) is 18.3. The number of carbonyl (C=O) groups excluding carboxylic acids is 1. The van der Waals surface area contributed by atoms with Crippen molar-refractivity contribution in [3.05, 3.63) is 32.1 Å². The molecule has 1 saturated heterocycles. The lowest BCUT2D eigenvalue weighted by Crippen LogP contribution is -2.50. The average Bonchev–Trinajstić information content (AvgIpc) is 2.27. The number of amides is 2. The van der Waals surface area contributed by atoms with Gasteiger partial charge in [0.1, 0.15) is 12.3 Å². The summed E-state index contributed by atoms with van der Waals surface area (Å²) in [6.45, 7) is 1.61. The fourth-order valence-corrected chi connectivity index (χ4v) is 1.37. The second kappa shape index (κ2) is 4.77. The zero-order valence-electron chi connectivity index (χ0n) is 9.42. The maximum Gasteiger partial charge on any atom is 0.325 e. The molecule has 1 aromatic heterocycles. The molecule has 1 fully saturated rings. The summed E-state index contributed by atoms with van der Waals surface area (Å²) in [5.74, 6) is 5.15. The van der Waals surface area contributed by atoms with Crippen LogP contribution in [0.1, 0.15) is 11.3 Å². The van der Waals surface area contributed by atoms with Crippen LogP contribution in [0.5, 0.6) is 0 Å². The number of hydrogen-bond acceptors (Lipinski definition) is 4. The molecule has 1 aliphatic heterocycles. The van der Waals surface area contributed by atoms with Crippen molar-refractivity contribution in [2.75, 3.05) is 6.73 Å². The van der Waals surface area contributed by atoms with Crippen LogP contribution >= 0.6 is 0 Å².